The summed E-state index contributed by atoms with van der Waals surface area (Å²) in [4.78, 5) is -0.0247. The third-order valence-electron chi connectivity index (χ3n) is 11.6. The van der Waals surface area contributed by atoms with Crippen LogP contribution in [-0.2, 0) is 44.8 Å². The van der Waals surface area contributed by atoms with E-state index in [0.717, 1.165) is 0 Å². The van der Waals surface area contributed by atoms with Gasteiger partial charge in [-0.1, -0.05) is 97.1 Å². The van der Waals surface area contributed by atoms with E-state index in [4.69, 9.17) is 0 Å². The molecule has 1 spiro atoms. The standard InChI is InChI=1S/C49H32O8S4/c50-58(51,33-13-5-1-6-14-33)37-21-25-41-42-26-22-38(59(52,53)34-15-7-2-8-16-34)30-46(42)49(45(41)29-37)47-31-39(60(54,55)35-17-9-3-10-18-35)23-27-43(47)44-28-24-40(32-48(44)49)61(56,57)36-19-11-4-12-20-36/h1-32H. The van der Waals surface area contributed by atoms with E-state index in [2.05, 4.69) is 0 Å². The van der Waals surface area contributed by atoms with E-state index in [1.165, 1.54) is 72.8 Å². The molecule has 8 aromatic rings. The van der Waals surface area contributed by atoms with Crippen LogP contribution in [0.2, 0.25) is 0 Å². The second-order valence-corrected chi connectivity index (χ2v) is 22.6. The van der Waals surface area contributed by atoms with Crippen molar-refractivity contribution in [2.75, 3.05) is 0 Å². The molecular formula is C49H32O8S4. The van der Waals surface area contributed by atoms with Crippen LogP contribution in [-0.4, -0.2) is 33.7 Å². The summed E-state index contributed by atoms with van der Waals surface area (Å²) < 4.78 is 115. The first-order valence-corrected chi connectivity index (χ1v) is 25.0. The number of hydrogen-bond donors (Lipinski definition) is 0. The molecule has 2 aliphatic carbocycles. The van der Waals surface area contributed by atoms with Crippen molar-refractivity contribution in [2.45, 2.75) is 44.6 Å². The number of sulfone groups is 4. The van der Waals surface area contributed by atoms with Crippen LogP contribution in [0.5, 0.6) is 0 Å². The molecule has 0 aliphatic heterocycles. The molecule has 0 aromatic heterocycles. The van der Waals surface area contributed by atoms with Crippen LogP contribution in [0.3, 0.4) is 0 Å². The highest BCUT2D eigenvalue weighted by Crippen LogP contribution is 2.64. The lowest BCUT2D eigenvalue weighted by Gasteiger charge is -2.31. The molecular weight excluding hydrogens is 845 g/mol. The molecule has 0 N–H and O–H groups in total. The van der Waals surface area contributed by atoms with Gasteiger partial charge in [0.05, 0.1) is 44.6 Å². The zero-order valence-corrected chi connectivity index (χ0v) is 35.1. The van der Waals surface area contributed by atoms with E-state index < -0.39 is 44.8 Å². The summed E-state index contributed by atoms with van der Waals surface area (Å²) in [5, 5.41) is 0. The first kappa shape index (κ1) is 38.7. The summed E-state index contributed by atoms with van der Waals surface area (Å²) >= 11 is 0. The Labute approximate surface area is 354 Å². The molecule has 0 radical (unpaired) electrons. The second-order valence-electron chi connectivity index (χ2n) is 14.8. The van der Waals surface area contributed by atoms with Crippen molar-refractivity contribution in [3.05, 3.63) is 216 Å². The molecule has 2 aliphatic rings. The Hall–Kier alpha value is -6.44. The van der Waals surface area contributed by atoms with Crippen LogP contribution < -0.4 is 0 Å². The smallest absolute Gasteiger partial charge is 0.206 e. The highest BCUT2D eigenvalue weighted by molar-refractivity contribution is 7.92. The number of rotatable bonds is 8. The zero-order chi connectivity index (χ0) is 42.4. The third-order valence-corrected chi connectivity index (χ3v) is 18.7. The second kappa shape index (κ2) is 13.8. The van der Waals surface area contributed by atoms with Gasteiger partial charge in [-0.05, 0) is 142 Å². The van der Waals surface area contributed by atoms with Gasteiger partial charge >= 0.3 is 0 Å². The van der Waals surface area contributed by atoms with Gasteiger partial charge in [-0.15, -0.1) is 0 Å². The Morgan fingerprint density at radius 3 is 0.623 bits per heavy atom. The van der Waals surface area contributed by atoms with Crippen molar-refractivity contribution in [3.63, 3.8) is 0 Å². The Morgan fingerprint density at radius 1 is 0.230 bits per heavy atom. The SMILES string of the molecule is O=S(=O)(c1ccccc1)c1ccc2c(c1)C1(c3cc(S(=O)(=O)c4ccccc4)ccc3-2)c2cc(S(=O)(=O)c3ccccc3)ccc2-c2ccc(S(=O)(=O)c3ccccc3)cc21. The molecule has 12 heteroatoms. The maximum atomic E-state index is 14.4. The summed E-state index contributed by atoms with van der Waals surface area (Å²) in [7, 11) is -16.6. The predicted molar refractivity (Wildman–Crippen MR) is 230 cm³/mol. The molecule has 0 amide bonds. The molecule has 0 atom stereocenters. The Morgan fingerprint density at radius 2 is 0.426 bits per heavy atom. The van der Waals surface area contributed by atoms with Crippen LogP contribution >= 0.6 is 0 Å². The van der Waals surface area contributed by atoms with Gasteiger partial charge in [0.15, 0.2) is 0 Å². The maximum Gasteiger partial charge on any atom is 0.206 e. The first-order valence-electron chi connectivity index (χ1n) is 19.1. The largest absolute Gasteiger partial charge is 0.219 e. The van der Waals surface area contributed by atoms with Gasteiger partial charge in [0.2, 0.25) is 39.3 Å². The molecule has 61 heavy (non-hydrogen) atoms. The fourth-order valence-corrected chi connectivity index (χ4v) is 14.0. The van der Waals surface area contributed by atoms with Crippen LogP contribution in [0.1, 0.15) is 22.3 Å². The van der Waals surface area contributed by atoms with Crippen LogP contribution in [0.15, 0.2) is 233 Å². The van der Waals surface area contributed by atoms with Crippen LogP contribution in [0.25, 0.3) is 22.3 Å². The van der Waals surface area contributed by atoms with Gasteiger partial charge < -0.3 is 0 Å². The highest BCUT2D eigenvalue weighted by Gasteiger charge is 2.53. The quantitative estimate of drug-likeness (QED) is 0.147. The average molecular weight is 877 g/mol. The van der Waals surface area contributed by atoms with Gasteiger partial charge in [-0.2, -0.15) is 0 Å². The fourth-order valence-electron chi connectivity index (χ4n) is 8.76. The maximum absolute atomic E-state index is 14.4. The molecule has 8 nitrogen and oxygen atoms in total. The van der Waals surface area contributed by atoms with Gasteiger partial charge in [-0.25, -0.2) is 33.7 Å². The van der Waals surface area contributed by atoms with Crippen molar-refractivity contribution in [1.82, 2.24) is 0 Å². The molecule has 0 unspecified atom stereocenters. The first-order chi connectivity index (χ1) is 29.3. The van der Waals surface area contributed by atoms with Crippen LogP contribution in [0.4, 0.5) is 0 Å². The summed E-state index contributed by atoms with van der Waals surface area (Å²) in [5.74, 6) is 0. The molecule has 0 bridgehead atoms. The van der Waals surface area contributed by atoms with E-state index in [9.17, 15) is 33.7 Å². The van der Waals surface area contributed by atoms with E-state index in [1.54, 1.807) is 121 Å². The van der Waals surface area contributed by atoms with Crippen molar-refractivity contribution < 1.29 is 33.7 Å². The molecule has 10 rings (SSSR count). The number of fused-ring (bicyclic) bond motifs is 10. The third kappa shape index (κ3) is 5.74. The van der Waals surface area contributed by atoms with Crippen molar-refractivity contribution >= 4 is 39.3 Å². The summed E-state index contributed by atoms with van der Waals surface area (Å²) in [6.07, 6.45) is 0. The minimum atomic E-state index is -4.14. The zero-order valence-electron chi connectivity index (χ0n) is 31.9. The van der Waals surface area contributed by atoms with E-state index >= 15 is 0 Å². The Balaban J connectivity index is 1.34. The van der Waals surface area contributed by atoms with E-state index in [0.29, 0.717) is 44.5 Å². The molecule has 300 valence electrons. The van der Waals surface area contributed by atoms with Crippen molar-refractivity contribution in [3.8, 4) is 22.3 Å². The average Bonchev–Trinajstić information content (AvgIpc) is 3.76. The van der Waals surface area contributed by atoms with E-state index in [-0.39, 0.29) is 39.2 Å². The molecule has 0 saturated carbocycles. The highest BCUT2D eigenvalue weighted by atomic mass is 32.2. The molecule has 0 heterocycles. The predicted octanol–water partition coefficient (Wildman–Crippen LogP) is 9.36. The minimum absolute atomic E-state index is 0.0513. The monoisotopic (exact) mass is 876 g/mol. The topological polar surface area (TPSA) is 137 Å². The van der Waals surface area contributed by atoms with Gasteiger partial charge in [0, 0.05) is 0 Å². The van der Waals surface area contributed by atoms with Crippen molar-refractivity contribution in [2.24, 2.45) is 0 Å². The Bertz CT molecular complexity index is 3080. The van der Waals surface area contributed by atoms with Crippen molar-refractivity contribution in [1.29, 1.82) is 0 Å². The molecule has 8 aromatic carbocycles. The summed E-state index contributed by atoms with van der Waals surface area (Å²) in [6, 6.07) is 50.7. The molecule has 0 saturated heterocycles. The normalized spacial score (nSPS) is 13.9. The summed E-state index contributed by atoms with van der Waals surface area (Å²) in [5.41, 5.74) is 2.30. The van der Waals surface area contributed by atoms with Gasteiger partial charge in [0.25, 0.3) is 0 Å². The lowest BCUT2D eigenvalue weighted by Crippen LogP contribution is -2.27. The van der Waals surface area contributed by atoms with E-state index in [1.807, 2.05) is 0 Å². The van der Waals surface area contributed by atoms with Crippen LogP contribution in [0, 0.1) is 0 Å². The number of benzene rings is 8. The minimum Gasteiger partial charge on any atom is -0.219 e. The number of hydrogen-bond acceptors (Lipinski definition) is 8. The lowest BCUT2D eigenvalue weighted by atomic mass is 9.70. The Kier molecular flexibility index (Phi) is 8.76. The molecule has 0 fully saturated rings. The lowest BCUT2D eigenvalue weighted by molar-refractivity contribution is 0.594. The summed E-state index contributed by atoms with van der Waals surface area (Å²) in [6.45, 7) is 0. The fraction of sp³-hybridized carbons (Fsp3) is 0.0204. The van der Waals surface area contributed by atoms with Gasteiger partial charge in [-0.3, -0.25) is 0 Å². The van der Waals surface area contributed by atoms with Gasteiger partial charge in [0.1, 0.15) is 0 Å².